The molecule has 204 valence electrons. The Labute approximate surface area is 231 Å². The van der Waals surface area contributed by atoms with Crippen molar-refractivity contribution in [3.63, 3.8) is 0 Å². The van der Waals surface area contributed by atoms with Gasteiger partial charge in [-0.05, 0) is 94.0 Å². The van der Waals surface area contributed by atoms with Crippen LogP contribution >= 0.6 is 0 Å². The van der Waals surface area contributed by atoms with Gasteiger partial charge >= 0.3 is 6.03 Å². The number of primary amides is 1. The Morgan fingerprint density at radius 2 is 1.69 bits per heavy atom. The topological polar surface area (TPSA) is 95.7 Å². The minimum atomic E-state index is -0.925. The molecule has 1 aliphatic rings. The molecule has 0 saturated carbocycles. The summed E-state index contributed by atoms with van der Waals surface area (Å²) in [5, 5.41) is 2.96. The van der Waals surface area contributed by atoms with Gasteiger partial charge in [-0.25, -0.2) is 4.79 Å². The summed E-state index contributed by atoms with van der Waals surface area (Å²) in [7, 11) is 0. The highest BCUT2D eigenvalue weighted by atomic mass is 16.2. The summed E-state index contributed by atoms with van der Waals surface area (Å²) in [6, 6.07) is 19.7. The van der Waals surface area contributed by atoms with Gasteiger partial charge in [0, 0.05) is 22.8 Å². The normalized spacial score (nSPS) is 17.3. The van der Waals surface area contributed by atoms with Crippen molar-refractivity contribution in [1.82, 2.24) is 5.32 Å². The maximum atomic E-state index is 14.4. The van der Waals surface area contributed by atoms with Crippen LogP contribution in [0, 0.1) is 20.8 Å². The number of anilines is 2. The molecule has 0 radical (unpaired) electrons. The van der Waals surface area contributed by atoms with E-state index in [2.05, 4.69) is 37.4 Å². The number of carbonyl (C=O) groups is 3. The molecule has 2 unspecified atom stereocenters. The number of amides is 4. The lowest BCUT2D eigenvalue weighted by atomic mass is 9.84. The SMILES string of the molecule is Cc1cccc(N(C(N)=O)C2CC(c3ccc(C)c(C)c3)c3ccccc3N(CC(=O)NC(C)(C)C)C2=O)c1. The van der Waals surface area contributed by atoms with E-state index in [1.54, 1.807) is 6.07 Å². The average molecular weight is 527 g/mol. The molecular formula is C32H38N4O3. The second kappa shape index (κ2) is 10.9. The Morgan fingerprint density at radius 1 is 0.974 bits per heavy atom. The fraction of sp³-hybridized carbons (Fsp3) is 0.344. The minimum Gasteiger partial charge on any atom is -0.351 e. The van der Waals surface area contributed by atoms with Gasteiger partial charge < -0.3 is 16.0 Å². The molecule has 0 bridgehead atoms. The number of nitrogens with zero attached hydrogens (tertiary/aromatic N) is 2. The van der Waals surface area contributed by atoms with Crippen LogP contribution in [0.3, 0.4) is 0 Å². The summed E-state index contributed by atoms with van der Waals surface area (Å²) < 4.78 is 0. The van der Waals surface area contributed by atoms with Crippen LogP contribution in [-0.2, 0) is 9.59 Å². The van der Waals surface area contributed by atoms with E-state index in [1.807, 2.05) is 70.2 Å². The van der Waals surface area contributed by atoms with E-state index in [-0.39, 0.29) is 24.3 Å². The van der Waals surface area contributed by atoms with Crippen LogP contribution in [0.1, 0.15) is 60.9 Å². The zero-order valence-electron chi connectivity index (χ0n) is 23.6. The van der Waals surface area contributed by atoms with Gasteiger partial charge in [0.05, 0.1) is 0 Å². The molecule has 0 aliphatic carbocycles. The Hall–Kier alpha value is -4.13. The summed E-state index contributed by atoms with van der Waals surface area (Å²) in [5.41, 5.74) is 11.9. The maximum absolute atomic E-state index is 14.4. The molecule has 7 heteroatoms. The molecule has 1 aliphatic heterocycles. The fourth-order valence-electron chi connectivity index (χ4n) is 5.29. The number of urea groups is 1. The fourth-order valence-corrected chi connectivity index (χ4v) is 5.29. The average Bonchev–Trinajstić information content (AvgIpc) is 2.95. The number of para-hydroxylation sites is 1. The lowest BCUT2D eigenvalue weighted by Gasteiger charge is -2.33. The van der Waals surface area contributed by atoms with Crippen molar-refractivity contribution in [3.8, 4) is 0 Å². The molecule has 3 N–H and O–H groups in total. The molecule has 0 spiro atoms. The molecule has 0 fully saturated rings. The lowest BCUT2D eigenvalue weighted by Crippen LogP contribution is -2.55. The van der Waals surface area contributed by atoms with Crippen LogP contribution in [0.2, 0.25) is 0 Å². The van der Waals surface area contributed by atoms with Gasteiger partial charge in [0.25, 0.3) is 5.91 Å². The number of hydrogen-bond donors (Lipinski definition) is 2. The van der Waals surface area contributed by atoms with E-state index in [0.29, 0.717) is 17.8 Å². The number of carbonyl (C=O) groups excluding carboxylic acids is 3. The standard InChI is InChI=1S/C32H38N4O3/c1-20-10-9-11-24(16-20)36(31(33)39)28-18-26(23-15-14-21(2)22(3)17-23)25-12-7-8-13-27(25)35(30(28)38)19-29(37)34-32(4,5)6/h7-17,26,28H,18-19H2,1-6H3,(H2,33,39)(H,34,37). The zero-order chi connectivity index (χ0) is 28.5. The van der Waals surface area contributed by atoms with Crippen molar-refractivity contribution in [2.24, 2.45) is 5.73 Å². The second-order valence-corrected chi connectivity index (χ2v) is 11.5. The first-order valence-corrected chi connectivity index (χ1v) is 13.3. The molecule has 0 saturated heterocycles. The number of aryl methyl sites for hydroxylation is 3. The first-order chi connectivity index (χ1) is 18.4. The second-order valence-electron chi connectivity index (χ2n) is 11.5. The highest BCUT2D eigenvalue weighted by Gasteiger charge is 2.41. The largest absolute Gasteiger partial charge is 0.351 e. The summed E-state index contributed by atoms with van der Waals surface area (Å²) >= 11 is 0. The van der Waals surface area contributed by atoms with Crippen LogP contribution in [0.25, 0.3) is 0 Å². The predicted octanol–water partition coefficient (Wildman–Crippen LogP) is 5.35. The van der Waals surface area contributed by atoms with Crippen LogP contribution in [0.5, 0.6) is 0 Å². The first-order valence-electron chi connectivity index (χ1n) is 13.3. The summed E-state index contributed by atoms with van der Waals surface area (Å²) in [4.78, 5) is 43.4. The van der Waals surface area contributed by atoms with Crippen molar-refractivity contribution < 1.29 is 14.4 Å². The highest BCUT2D eigenvalue weighted by molar-refractivity contribution is 6.08. The molecular weight excluding hydrogens is 488 g/mol. The number of rotatable bonds is 5. The van der Waals surface area contributed by atoms with Crippen LogP contribution in [0.4, 0.5) is 16.2 Å². The minimum absolute atomic E-state index is 0.177. The van der Waals surface area contributed by atoms with E-state index in [4.69, 9.17) is 5.73 Å². The quantitative estimate of drug-likeness (QED) is 0.469. The lowest BCUT2D eigenvalue weighted by molar-refractivity contribution is -0.125. The van der Waals surface area contributed by atoms with Crippen molar-refractivity contribution in [2.75, 3.05) is 16.3 Å². The van der Waals surface area contributed by atoms with Gasteiger partial charge in [0.2, 0.25) is 5.91 Å². The van der Waals surface area contributed by atoms with Gasteiger partial charge in [-0.2, -0.15) is 0 Å². The third kappa shape index (κ3) is 6.14. The number of fused-ring (bicyclic) bond motifs is 1. The number of hydrogen-bond acceptors (Lipinski definition) is 3. The van der Waals surface area contributed by atoms with E-state index in [0.717, 1.165) is 22.3 Å². The molecule has 2 atom stereocenters. The van der Waals surface area contributed by atoms with Crippen LogP contribution < -0.4 is 20.9 Å². The van der Waals surface area contributed by atoms with Crippen molar-refractivity contribution in [2.45, 2.75) is 65.5 Å². The summed E-state index contributed by atoms with van der Waals surface area (Å²) in [5.74, 6) is -0.842. The number of benzene rings is 3. The molecule has 4 rings (SSSR count). The van der Waals surface area contributed by atoms with Gasteiger partial charge in [0.15, 0.2) is 0 Å². The molecule has 3 aromatic carbocycles. The summed E-state index contributed by atoms with van der Waals surface area (Å²) in [6.45, 7) is 11.6. The van der Waals surface area contributed by atoms with Crippen molar-refractivity contribution in [1.29, 1.82) is 0 Å². The highest BCUT2D eigenvalue weighted by Crippen LogP contribution is 2.41. The van der Waals surface area contributed by atoms with Gasteiger partial charge in [-0.3, -0.25) is 14.5 Å². The van der Waals surface area contributed by atoms with Gasteiger partial charge in [-0.1, -0.05) is 48.5 Å². The van der Waals surface area contributed by atoms with Gasteiger partial charge in [-0.15, -0.1) is 0 Å². The molecule has 0 aromatic heterocycles. The van der Waals surface area contributed by atoms with Crippen molar-refractivity contribution in [3.05, 3.63) is 94.5 Å². The Bertz CT molecular complexity index is 1410. The number of nitrogens with one attached hydrogen (secondary N) is 1. The zero-order valence-corrected chi connectivity index (χ0v) is 23.6. The molecule has 3 aromatic rings. The smallest absolute Gasteiger partial charge is 0.320 e. The Balaban J connectivity index is 1.90. The van der Waals surface area contributed by atoms with E-state index < -0.39 is 17.6 Å². The first kappa shape index (κ1) is 27.9. The Kier molecular flexibility index (Phi) is 7.82. The molecule has 7 nitrogen and oxygen atoms in total. The third-order valence-corrected chi connectivity index (χ3v) is 7.19. The van der Waals surface area contributed by atoms with Gasteiger partial charge in [0.1, 0.15) is 12.6 Å². The monoisotopic (exact) mass is 526 g/mol. The third-order valence-electron chi connectivity index (χ3n) is 7.19. The molecule has 4 amide bonds. The number of nitrogens with two attached hydrogens (primary N) is 1. The van der Waals surface area contributed by atoms with Crippen LogP contribution in [0.15, 0.2) is 66.7 Å². The Morgan fingerprint density at radius 3 is 2.33 bits per heavy atom. The van der Waals surface area contributed by atoms with E-state index in [1.165, 1.54) is 15.4 Å². The molecule has 39 heavy (non-hydrogen) atoms. The van der Waals surface area contributed by atoms with E-state index in [9.17, 15) is 14.4 Å². The maximum Gasteiger partial charge on any atom is 0.320 e. The molecule has 1 heterocycles. The summed E-state index contributed by atoms with van der Waals surface area (Å²) in [6.07, 6.45) is 0.312. The predicted molar refractivity (Wildman–Crippen MR) is 156 cm³/mol. The van der Waals surface area contributed by atoms with Crippen LogP contribution in [-0.4, -0.2) is 36.0 Å². The van der Waals surface area contributed by atoms with Crippen molar-refractivity contribution >= 4 is 29.2 Å². The van der Waals surface area contributed by atoms with E-state index >= 15 is 0 Å².